The molecule has 29 heavy (non-hydrogen) atoms. The average Bonchev–Trinajstić information content (AvgIpc) is 3.12. The van der Waals surface area contributed by atoms with Crippen molar-refractivity contribution < 1.29 is 4.42 Å². The van der Waals surface area contributed by atoms with E-state index in [-0.39, 0.29) is 5.41 Å². The van der Waals surface area contributed by atoms with Gasteiger partial charge in [0.2, 0.25) is 0 Å². The Morgan fingerprint density at radius 3 is 2.10 bits per heavy atom. The number of hydrogen-bond donors (Lipinski definition) is 0. The Balaban J connectivity index is 1.77. The van der Waals surface area contributed by atoms with Gasteiger partial charge in [-0.1, -0.05) is 99.6 Å². The molecule has 1 heteroatoms. The zero-order valence-corrected chi connectivity index (χ0v) is 17.1. The van der Waals surface area contributed by atoms with Crippen LogP contribution in [0.25, 0.3) is 44.2 Å². The van der Waals surface area contributed by atoms with E-state index in [0.717, 1.165) is 11.2 Å². The van der Waals surface area contributed by atoms with Gasteiger partial charge >= 0.3 is 0 Å². The van der Waals surface area contributed by atoms with Gasteiger partial charge in [0.15, 0.2) is 0 Å². The molecule has 0 N–H and O–H groups in total. The molecule has 0 amide bonds. The Labute approximate surface area is 171 Å². The second-order valence-electron chi connectivity index (χ2n) is 8.66. The van der Waals surface area contributed by atoms with Gasteiger partial charge < -0.3 is 4.42 Å². The van der Waals surface area contributed by atoms with Gasteiger partial charge in [0.25, 0.3) is 0 Å². The van der Waals surface area contributed by atoms with Crippen LogP contribution >= 0.6 is 0 Å². The average molecular weight is 376 g/mol. The summed E-state index contributed by atoms with van der Waals surface area (Å²) in [6.45, 7) is 6.71. The third-order valence-corrected chi connectivity index (χ3v) is 5.61. The van der Waals surface area contributed by atoms with Crippen LogP contribution in [0.15, 0.2) is 95.4 Å². The van der Waals surface area contributed by atoms with E-state index in [1.54, 1.807) is 0 Å². The molecule has 0 saturated carbocycles. The Bertz CT molecular complexity index is 1320. The van der Waals surface area contributed by atoms with Crippen LogP contribution in [-0.4, -0.2) is 0 Å². The second kappa shape index (κ2) is 6.63. The number of rotatable bonds is 2. The minimum Gasteiger partial charge on any atom is -0.456 e. The Morgan fingerprint density at radius 2 is 1.31 bits per heavy atom. The van der Waals surface area contributed by atoms with Crippen LogP contribution in [0.3, 0.4) is 0 Å². The molecule has 0 fully saturated rings. The summed E-state index contributed by atoms with van der Waals surface area (Å²) in [5.41, 5.74) is 8.10. The van der Waals surface area contributed by atoms with E-state index in [9.17, 15) is 0 Å². The molecule has 0 bridgehead atoms. The third kappa shape index (κ3) is 3.03. The zero-order chi connectivity index (χ0) is 20.0. The van der Waals surface area contributed by atoms with Crippen molar-refractivity contribution in [1.29, 1.82) is 0 Å². The molecule has 5 aromatic rings. The van der Waals surface area contributed by atoms with Crippen molar-refractivity contribution in [2.24, 2.45) is 0 Å². The van der Waals surface area contributed by atoms with Crippen molar-refractivity contribution in [2.45, 2.75) is 26.2 Å². The highest BCUT2D eigenvalue weighted by Crippen LogP contribution is 2.40. The molecule has 1 nitrogen and oxygen atoms in total. The molecule has 0 unspecified atom stereocenters. The summed E-state index contributed by atoms with van der Waals surface area (Å²) in [6, 6.07) is 32.2. The van der Waals surface area contributed by atoms with Gasteiger partial charge in [-0.25, -0.2) is 0 Å². The molecule has 0 spiro atoms. The van der Waals surface area contributed by atoms with Gasteiger partial charge in [-0.05, 0) is 39.8 Å². The predicted octanol–water partition coefficient (Wildman–Crippen LogP) is 8.22. The largest absolute Gasteiger partial charge is 0.456 e. The van der Waals surface area contributed by atoms with Crippen molar-refractivity contribution in [2.75, 3.05) is 0 Å². The molecule has 0 atom stereocenters. The first-order valence-corrected chi connectivity index (χ1v) is 10.1. The van der Waals surface area contributed by atoms with Crippen LogP contribution < -0.4 is 0 Å². The quantitative estimate of drug-likeness (QED) is 0.302. The zero-order valence-electron chi connectivity index (χ0n) is 17.1. The number of fused-ring (bicyclic) bond motifs is 3. The van der Waals surface area contributed by atoms with E-state index >= 15 is 0 Å². The van der Waals surface area contributed by atoms with E-state index in [0.29, 0.717) is 0 Å². The van der Waals surface area contributed by atoms with Gasteiger partial charge in [-0.2, -0.15) is 0 Å². The van der Waals surface area contributed by atoms with Crippen LogP contribution in [0.5, 0.6) is 0 Å². The van der Waals surface area contributed by atoms with Crippen LogP contribution in [0.1, 0.15) is 26.3 Å². The fraction of sp³-hybridized carbons (Fsp3) is 0.143. The van der Waals surface area contributed by atoms with E-state index in [4.69, 9.17) is 4.42 Å². The third-order valence-electron chi connectivity index (χ3n) is 5.61. The topological polar surface area (TPSA) is 13.1 Å². The minimum absolute atomic E-state index is 0.0285. The maximum atomic E-state index is 6.39. The first-order chi connectivity index (χ1) is 14.0. The number of para-hydroxylation sites is 1. The van der Waals surface area contributed by atoms with Gasteiger partial charge in [-0.15, -0.1) is 0 Å². The Kier molecular flexibility index (Phi) is 4.06. The lowest BCUT2D eigenvalue weighted by atomic mass is 9.85. The Morgan fingerprint density at radius 1 is 0.621 bits per heavy atom. The molecule has 0 saturated heterocycles. The standard InChI is InChI=1S/C28H24O/c1-28(2,3)24-16-8-15-23-26-22(14-9-17-25(26)29-27(23)24)21-13-7-12-20(18-21)19-10-5-4-6-11-19/h4-18H,1-3H3. The van der Waals surface area contributed by atoms with E-state index in [2.05, 4.69) is 112 Å². The van der Waals surface area contributed by atoms with Gasteiger partial charge in [-0.3, -0.25) is 0 Å². The maximum Gasteiger partial charge on any atom is 0.139 e. The van der Waals surface area contributed by atoms with Crippen molar-refractivity contribution in [3.8, 4) is 22.3 Å². The Hall–Kier alpha value is -3.32. The van der Waals surface area contributed by atoms with Gasteiger partial charge in [0, 0.05) is 16.3 Å². The van der Waals surface area contributed by atoms with Crippen molar-refractivity contribution in [3.05, 3.63) is 96.6 Å². The normalized spacial score (nSPS) is 12.0. The summed E-state index contributed by atoms with van der Waals surface area (Å²) in [5.74, 6) is 0. The van der Waals surface area contributed by atoms with E-state index in [1.807, 2.05) is 0 Å². The molecule has 1 aromatic heterocycles. The molecule has 142 valence electrons. The molecule has 0 radical (unpaired) electrons. The number of benzene rings is 4. The fourth-order valence-corrected chi connectivity index (χ4v) is 4.18. The summed E-state index contributed by atoms with van der Waals surface area (Å²) < 4.78 is 6.39. The van der Waals surface area contributed by atoms with Crippen LogP contribution in [-0.2, 0) is 5.41 Å². The highest BCUT2D eigenvalue weighted by Gasteiger charge is 2.21. The monoisotopic (exact) mass is 376 g/mol. The summed E-state index contributed by atoms with van der Waals surface area (Å²) in [4.78, 5) is 0. The van der Waals surface area contributed by atoms with Crippen molar-refractivity contribution in [1.82, 2.24) is 0 Å². The molecule has 0 aliphatic heterocycles. The first-order valence-electron chi connectivity index (χ1n) is 10.1. The van der Waals surface area contributed by atoms with Crippen LogP contribution in [0.4, 0.5) is 0 Å². The summed E-state index contributed by atoms with van der Waals surface area (Å²) in [5, 5.41) is 2.38. The van der Waals surface area contributed by atoms with Crippen molar-refractivity contribution >= 4 is 21.9 Å². The van der Waals surface area contributed by atoms with Gasteiger partial charge in [0.05, 0.1) is 0 Å². The van der Waals surface area contributed by atoms with Crippen molar-refractivity contribution in [3.63, 3.8) is 0 Å². The molecular formula is C28H24O. The lowest BCUT2D eigenvalue weighted by Crippen LogP contribution is -2.10. The fourth-order valence-electron chi connectivity index (χ4n) is 4.18. The van der Waals surface area contributed by atoms with Crippen LogP contribution in [0, 0.1) is 0 Å². The predicted molar refractivity (Wildman–Crippen MR) is 123 cm³/mol. The summed E-state index contributed by atoms with van der Waals surface area (Å²) in [7, 11) is 0. The summed E-state index contributed by atoms with van der Waals surface area (Å²) in [6.07, 6.45) is 0. The number of hydrogen-bond acceptors (Lipinski definition) is 1. The van der Waals surface area contributed by atoms with Gasteiger partial charge in [0.1, 0.15) is 11.2 Å². The maximum absolute atomic E-state index is 6.39. The molecule has 4 aromatic carbocycles. The SMILES string of the molecule is CC(C)(C)c1cccc2c1oc1cccc(-c3cccc(-c4ccccc4)c3)c12. The molecule has 0 aliphatic carbocycles. The lowest BCUT2D eigenvalue weighted by Gasteiger charge is -2.18. The van der Waals surface area contributed by atoms with Crippen LogP contribution in [0.2, 0.25) is 0 Å². The lowest BCUT2D eigenvalue weighted by molar-refractivity contribution is 0.573. The highest BCUT2D eigenvalue weighted by atomic mass is 16.3. The highest BCUT2D eigenvalue weighted by molar-refractivity contribution is 6.13. The molecule has 1 heterocycles. The minimum atomic E-state index is 0.0285. The first kappa shape index (κ1) is 17.8. The number of furan rings is 1. The second-order valence-corrected chi connectivity index (χ2v) is 8.66. The smallest absolute Gasteiger partial charge is 0.139 e. The molecule has 5 rings (SSSR count). The molecule has 0 aliphatic rings. The summed E-state index contributed by atoms with van der Waals surface area (Å²) >= 11 is 0. The molecular weight excluding hydrogens is 352 g/mol. The van der Waals surface area contributed by atoms with E-state index < -0.39 is 0 Å². The van der Waals surface area contributed by atoms with E-state index in [1.165, 1.54) is 38.6 Å².